The zero-order valence-corrected chi connectivity index (χ0v) is 21.7. The van der Waals surface area contributed by atoms with Gasteiger partial charge in [-0.25, -0.2) is 0 Å². The van der Waals surface area contributed by atoms with Crippen LogP contribution in [0.5, 0.6) is 5.75 Å². The number of rotatable bonds is 8. The molecule has 0 spiro atoms. The fraction of sp³-hybridized carbons (Fsp3) is 0.448. The van der Waals surface area contributed by atoms with Gasteiger partial charge in [-0.15, -0.1) is 0 Å². The summed E-state index contributed by atoms with van der Waals surface area (Å²) in [4.78, 5) is 36.3. The molecule has 3 aromatic rings. The molecule has 2 aromatic carbocycles. The summed E-state index contributed by atoms with van der Waals surface area (Å²) in [6.07, 6.45) is 3.23. The third-order valence-corrected chi connectivity index (χ3v) is 7.71. The zero-order valence-electron chi connectivity index (χ0n) is 21.7. The van der Waals surface area contributed by atoms with Crippen LogP contribution in [-0.4, -0.2) is 90.6 Å². The third kappa shape index (κ3) is 5.81. The van der Waals surface area contributed by atoms with Gasteiger partial charge in [0.1, 0.15) is 18.0 Å². The molecular weight excluding hydrogens is 468 g/mol. The van der Waals surface area contributed by atoms with Gasteiger partial charge < -0.3 is 29.2 Å². The number of likely N-dealkylation sites (tertiary alicyclic amines) is 1. The predicted octanol–water partition coefficient (Wildman–Crippen LogP) is 3.53. The van der Waals surface area contributed by atoms with Crippen molar-refractivity contribution in [2.45, 2.75) is 38.0 Å². The number of hydrogen-bond donors (Lipinski definition) is 1. The number of aromatic nitrogens is 1. The van der Waals surface area contributed by atoms with Gasteiger partial charge in [-0.2, -0.15) is 0 Å². The van der Waals surface area contributed by atoms with Crippen LogP contribution < -0.4 is 4.74 Å². The molecule has 2 aliphatic heterocycles. The Kier molecular flexibility index (Phi) is 7.76. The highest BCUT2D eigenvalue weighted by Gasteiger charge is 2.35. The Morgan fingerprint density at radius 2 is 1.84 bits per heavy atom. The van der Waals surface area contributed by atoms with Gasteiger partial charge in [0.15, 0.2) is 0 Å². The number of fused-ring (bicyclic) bond motifs is 1. The molecule has 0 unspecified atom stereocenters. The highest BCUT2D eigenvalue weighted by molar-refractivity contribution is 6.00. The Labute approximate surface area is 218 Å². The number of carbonyl (C=O) groups is 2. The number of aromatic amines is 1. The second-order valence-corrected chi connectivity index (χ2v) is 10.0. The summed E-state index contributed by atoms with van der Waals surface area (Å²) >= 11 is 0. The molecule has 1 atom stereocenters. The number of carbonyl (C=O) groups excluding carboxylic acids is 2. The molecule has 0 saturated carbocycles. The maximum atomic E-state index is 13.5. The molecule has 3 heterocycles. The van der Waals surface area contributed by atoms with Crippen molar-refractivity contribution in [3.05, 3.63) is 65.9 Å². The summed E-state index contributed by atoms with van der Waals surface area (Å²) in [6, 6.07) is 17.6. The number of H-pyrrole nitrogens is 1. The standard InChI is InChI=1S/C29H36N4O4/c1-36-24-11-14-31(15-12-24)13-10-23-19-32(20-28(34)33(23)18-21-6-4-3-5-7-21)29(35)27-17-22-16-25(37-2)8-9-26(22)30-27/h3-9,16-17,23-24,30H,10-15,18-20H2,1-2H3/t23-/m0/s1. The molecule has 8 nitrogen and oxygen atoms in total. The number of amides is 2. The van der Waals surface area contributed by atoms with E-state index in [9.17, 15) is 9.59 Å². The van der Waals surface area contributed by atoms with Crippen LogP contribution in [0.2, 0.25) is 0 Å². The zero-order chi connectivity index (χ0) is 25.8. The molecule has 1 N–H and O–H groups in total. The minimum absolute atomic E-state index is 0.00988. The largest absolute Gasteiger partial charge is 0.497 e. The van der Waals surface area contributed by atoms with E-state index >= 15 is 0 Å². The number of piperazine rings is 1. The maximum Gasteiger partial charge on any atom is 0.270 e. The molecule has 1 aromatic heterocycles. The molecule has 0 bridgehead atoms. The van der Waals surface area contributed by atoms with E-state index in [2.05, 4.69) is 22.0 Å². The van der Waals surface area contributed by atoms with E-state index in [1.165, 1.54) is 0 Å². The molecule has 2 saturated heterocycles. The van der Waals surface area contributed by atoms with Crippen molar-refractivity contribution in [2.24, 2.45) is 0 Å². The summed E-state index contributed by atoms with van der Waals surface area (Å²) in [7, 11) is 3.41. The number of hydrogen-bond acceptors (Lipinski definition) is 5. The number of nitrogens with zero attached hydrogens (tertiary/aromatic N) is 3. The van der Waals surface area contributed by atoms with Gasteiger partial charge in [-0.3, -0.25) is 9.59 Å². The van der Waals surface area contributed by atoms with Gasteiger partial charge in [-0.05, 0) is 49.1 Å². The number of methoxy groups -OCH3 is 2. The second kappa shape index (κ2) is 11.4. The molecule has 0 aliphatic carbocycles. The van der Waals surface area contributed by atoms with Crippen molar-refractivity contribution in [1.82, 2.24) is 19.7 Å². The summed E-state index contributed by atoms with van der Waals surface area (Å²) in [5.41, 5.74) is 2.47. The molecule has 2 fully saturated rings. The van der Waals surface area contributed by atoms with Crippen LogP contribution in [0.4, 0.5) is 0 Å². The van der Waals surface area contributed by atoms with Crippen LogP contribution in [-0.2, 0) is 16.1 Å². The molecule has 2 aliphatic rings. The average Bonchev–Trinajstić information content (AvgIpc) is 3.37. The second-order valence-electron chi connectivity index (χ2n) is 10.0. The van der Waals surface area contributed by atoms with Gasteiger partial charge in [-0.1, -0.05) is 30.3 Å². The van der Waals surface area contributed by atoms with E-state index in [0.717, 1.165) is 61.1 Å². The molecule has 8 heteroatoms. The summed E-state index contributed by atoms with van der Waals surface area (Å²) < 4.78 is 10.8. The molecule has 5 rings (SSSR count). The van der Waals surface area contributed by atoms with E-state index < -0.39 is 0 Å². The average molecular weight is 505 g/mol. The lowest BCUT2D eigenvalue weighted by Gasteiger charge is -2.42. The van der Waals surface area contributed by atoms with Crippen molar-refractivity contribution in [3.8, 4) is 5.75 Å². The van der Waals surface area contributed by atoms with Gasteiger partial charge in [0.2, 0.25) is 5.91 Å². The van der Waals surface area contributed by atoms with Crippen LogP contribution in [0.3, 0.4) is 0 Å². The monoisotopic (exact) mass is 504 g/mol. The van der Waals surface area contributed by atoms with Gasteiger partial charge >= 0.3 is 0 Å². The van der Waals surface area contributed by atoms with E-state index in [0.29, 0.717) is 24.9 Å². The van der Waals surface area contributed by atoms with E-state index in [1.54, 1.807) is 19.1 Å². The Morgan fingerprint density at radius 3 is 2.57 bits per heavy atom. The normalized spacial score (nSPS) is 19.5. The van der Waals surface area contributed by atoms with Crippen LogP contribution in [0, 0.1) is 0 Å². The predicted molar refractivity (Wildman–Crippen MR) is 143 cm³/mol. The minimum atomic E-state index is -0.145. The van der Waals surface area contributed by atoms with Crippen molar-refractivity contribution < 1.29 is 19.1 Å². The fourth-order valence-electron chi connectivity index (χ4n) is 5.50. The molecule has 196 valence electrons. The smallest absolute Gasteiger partial charge is 0.270 e. The van der Waals surface area contributed by atoms with Crippen LogP contribution in [0.1, 0.15) is 35.3 Å². The van der Waals surface area contributed by atoms with Crippen LogP contribution >= 0.6 is 0 Å². The molecule has 2 amide bonds. The third-order valence-electron chi connectivity index (χ3n) is 7.71. The first-order valence-electron chi connectivity index (χ1n) is 13.1. The van der Waals surface area contributed by atoms with E-state index in [4.69, 9.17) is 9.47 Å². The first-order valence-corrected chi connectivity index (χ1v) is 13.1. The lowest BCUT2D eigenvalue weighted by molar-refractivity contribution is -0.139. The fourth-order valence-corrected chi connectivity index (χ4v) is 5.50. The molecule has 0 radical (unpaired) electrons. The Morgan fingerprint density at radius 1 is 1.05 bits per heavy atom. The Balaban J connectivity index is 1.32. The van der Waals surface area contributed by atoms with Crippen LogP contribution in [0.25, 0.3) is 10.9 Å². The molecular formula is C29H36N4O4. The number of nitrogens with one attached hydrogen (secondary N) is 1. The van der Waals surface area contributed by atoms with Gasteiger partial charge in [0, 0.05) is 50.7 Å². The number of benzene rings is 2. The summed E-state index contributed by atoms with van der Waals surface area (Å²) in [6.45, 7) is 4.06. The minimum Gasteiger partial charge on any atom is -0.497 e. The summed E-state index contributed by atoms with van der Waals surface area (Å²) in [5, 5.41) is 0.910. The lowest BCUT2D eigenvalue weighted by Crippen LogP contribution is -2.58. The van der Waals surface area contributed by atoms with Gasteiger partial charge in [0.05, 0.1) is 19.3 Å². The van der Waals surface area contributed by atoms with Crippen molar-refractivity contribution in [1.29, 1.82) is 0 Å². The number of piperidine rings is 1. The Bertz CT molecular complexity index is 1220. The van der Waals surface area contributed by atoms with E-state index in [1.807, 2.05) is 47.4 Å². The number of ether oxygens (including phenoxy) is 2. The van der Waals surface area contributed by atoms with Gasteiger partial charge in [0.25, 0.3) is 5.91 Å². The first-order chi connectivity index (χ1) is 18.0. The van der Waals surface area contributed by atoms with E-state index in [-0.39, 0.29) is 24.4 Å². The highest BCUT2D eigenvalue weighted by atomic mass is 16.5. The van der Waals surface area contributed by atoms with Crippen molar-refractivity contribution in [2.75, 3.05) is 46.9 Å². The van der Waals surface area contributed by atoms with Crippen molar-refractivity contribution >= 4 is 22.7 Å². The maximum absolute atomic E-state index is 13.5. The highest BCUT2D eigenvalue weighted by Crippen LogP contribution is 2.25. The quantitative estimate of drug-likeness (QED) is 0.508. The van der Waals surface area contributed by atoms with Crippen LogP contribution in [0.15, 0.2) is 54.6 Å². The first kappa shape index (κ1) is 25.3. The van der Waals surface area contributed by atoms with Crippen molar-refractivity contribution in [3.63, 3.8) is 0 Å². The SMILES string of the molecule is COc1ccc2[nH]c(C(=O)N3CC(=O)N(Cc4ccccc4)[C@@H](CCN4CCC(OC)CC4)C3)cc2c1. The molecule has 37 heavy (non-hydrogen) atoms. The summed E-state index contributed by atoms with van der Waals surface area (Å²) in [5.74, 6) is 0.586. The lowest BCUT2D eigenvalue weighted by atomic mass is 10.0. The Hall–Kier alpha value is -3.36. The topological polar surface area (TPSA) is 78.1 Å².